The Hall–Kier alpha value is -2.81. The van der Waals surface area contributed by atoms with Crippen molar-refractivity contribution in [3.63, 3.8) is 0 Å². The summed E-state index contributed by atoms with van der Waals surface area (Å²) in [6.45, 7) is 9.73. The van der Waals surface area contributed by atoms with Gasteiger partial charge in [0.1, 0.15) is 17.7 Å². The lowest BCUT2D eigenvalue weighted by atomic mass is 9.72. The summed E-state index contributed by atoms with van der Waals surface area (Å²) in [5, 5.41) is 11.3. The van der Waals surface area contributed by atoms with E-state index in [1.165, 1.54) is 10.4 Å². The Labute approximate surface area is 217 Å². The molecule has 1 heterocycles. The molecule has 0 spiro atoms. The Morgan fingerprint density at radius 2 is 1.97 bits per heavy atom. The fourth-order valence-corrected chi connectivity index (χ4v) is 5.83. The van der Waals surface area contributed by atoms with Crippen LogP contribution in [-0.4, -0.2) is 12.8 Å². The van der Waals surface area contributed by atoms with E-state index >= 15 is 0 Å². The fourth-order valence-electron chi connectivity index (χ4n) is 4.41. The Bertz CT molecular complexity index is 1270. The van der Waals surface area contributed by atoms with Gasteiger partial charge in [-0.2, -0.15) is 5.26 Å². The number of halogens is 1. The first kappa shape index (κ1) is 25.3. The second-order valence-corrected chi connectivity index (χ2v) is 11.4. The Morgan fingerprint density at radius 3 is 2.69 bits per heavy atom. The molecule has 0 saturated heterocycles. The minimum atomic E-state index is 0.267. The number of aliphatic imine (C=N–C) groups is 1. The van der Waals surface area contributed by atoms with E-state index < -0.39 is 0 Å². The zero-order valence-corrected chi connectivity index (χ0v) is 22.3. The number of rotatable bonds is 7. The van der Waals surface area contributed by atoms with Crippen molar-refractivity contribution >= 4 is 34.2 Å². The van der Waals surface area contributed by atoms with E-state index in [1.54, 1.807) is 17.6 Å². The standard InChI is InChI=1S/C29H31ClN2O2S/c1-5-33-26-14-19(10-13-25(26)34-18-20-8-6-7-9-24(20)30)17-32-28-23(16-31)22-12-11-21(29(2,3)4)15-27(22)35-28/h6-10,13-14,17,21H,5,11-12,15,18H2,1-4H3/t21-/m1/s1. The molecule has 0 fully saturated rings. The summed E-state index contributed by atoms with van der Waals surface area (Å²) in [6.07, 6.45) is 4.91. The number of nitriles is 1. The molecule has 0 unspecified atom stereocenters. The first-order valence-electron chi connectivity index (χ1n) is 12.0. The minimum absolute atomic E-state index is 0.267. The molecule has 0 radical (unpaired) electrons. The van der Waals surface area contributed by atoms with E-state index in [4.69, 9.17) is 26.1 Å². The number of thiophene rings is 1. The van der Waals surface area contributed by atoms with Gasteiger partial charge in [-0.15, -0.1) is 11.3 Å². The number of nitrogens with zero attached hydrogens (tertiary/aromatic N) is 2. The molecular formula is C29H31ClN2O2S. The van der Waals surface area contributed by atoms with Crippen LogP contribution in [0.5, 0.6) is 11.5 Å². The first-order chi connectivity index (χ1) is 16.8. The van der Waals surface area contributed by atoms with Crippen LogP contribution in [0.3, 0.4) is 0 Å². The van der Waals surface area contributed by atoms with Crippen molar-refractivity contribution in [2.45, 2.75) is 53.6 Å². The number of fused-ring (bicyclic) bond motifs is 1. The molecule has 6 heteroatoms. The largest absolute Gasteiger partial charge is 0.490 e. The number of benzene rings is 2. The van der Waals surface area contributed by atoms with Gasteiger partial charge >= 0.3 is 0 Å². The molecule has 1 aliphatic rings. The molecule has 0 bridgehead atoms. The molecule has 3 aromatic rings. The molecular weight excluding hydrogens is 476 g/mol. The van der Waals surface area contributed by atoms with E-state index in [9.17, 15) is 5.26 Å². The lowest BCUT2D eigenvalue weighted by Crippen LogP contribution is -2.26. The van der Waals surface area contributed by atoms with Gasteiger partial charge in [0.15, 0.2) is 11.5 Å². The van der Waals surface area contributed by atoms with Crippen LogP contribution < -0.4 is 9.47 Å². The number of hydrogen-bond acceptors (Lipinski definition) is 5. The highest BCUT2D eigenvalue weighted by atomic mass is 35.5. The second kappa shape index (κ2) is 10.8. The normalized spacial score (nSPS) is 15.6. The third-order valence-electron chi connectivity index (χ3n) is 6.52. The molecule has 1 aromatic heterocycles. The summed E-state index contributed by atoms with van der Waals surface area (Å²) in [4.78, 5) is 6.05. The van der Waals surface area contributed by atoms with Crippen molar-refractivity contribution in [1.82, 2.24) is 0 Å². The smallest absolute Gasteiger partial charge is 0.161 e. The summed E-state index contributed by atoms with van der Waals surface area (Å²) < 4.78 is 11.8. The summed E-state index contributed by atoms with van der Waals surface area (Å²) >= 11 is 7.92. The average Bonchev–Trinajstić information content (AvgIpc) is 3.19. The lowest BCUT2D eigenvalue weighted by Gasteiger charge is -2.33. The van der Waals surface area contributed by atoms with Crippen LogP contribution in [0.15, 0.2) is 47.5 Å². The molecule has 1 aliphatic carbocycles. The zero-order valence-electron chi connectivity index (χ0n) is 20.7. The van der Waals surface area contributed by atoms with Gasteiger partial charge in [0, 0.05) is 21.7 Å². The Balaban J connectivity index is 1.54. The van der Waals surface area contributed by atoms with Gasteiger partial charge in [0.05, 0.1) is 12.2 Å². The van der Waals surface area contributed by atoms with Crippen molar-refractivity contribution in [1.29, 1.82) is 5.26 Å². The predicted octanol–water partition coefficient (Wildman–Crippen LogP) is 8.15. The zero-order chi connectivity index (χ0) is 25.0. The molecule has 2 aromatic carbocycles. The Kier molecular flexibility index (Phi) is 7.84. The van der Waals surface area contributed by atoms with Crippen LogP contribution in [0, 0.1) is 22.7 Å². The highest BCUT2D eigenvalue weighted by Gasteiger charge is 2.32. The van der Waals surface area contributed by atoms with E-state index in [0.717, 1.165) is 41.0 Å². The molecule has 0 N–H and O–H groups in total. The molecule has 4 nitrogen and oxygen atoms in total. The quantitative estimate of drug-likeness (QED) is 0.304. The molecule has 4 rings (SSSR count). The van der Waals surface area contributed by atoms with Gasteiger partial charge in [-0.1, -0.05) is 50.6 Å². The van der Waals surface area contributed by atoms with Gasteiger partial charge in [-0.05, 0) is 72.9 Å². The van der Waals surface area contributed by atoms with Crippen molar-refractivity contribution in [2.75, 3.05) is 6.61 Å². The van der Waals surface area contributed by atoms with Crippen molar-refractivity contribution in [3.8, 4) is 17.6 Å². The third-order valence-corrected chi connectivity index (χ3v) is 8.05. The van der Waals surface area contributed by atoms with Crippen LogP contribution in [0.2, 0.25) is 5.02 Å². The lowest BCUT2D eigenvalue weighted by molar-refractivity contribution is 0.218. The fraction of sp³-hybridized carbons (Fsp3) is 0.379. The topological polar surface area (TPSA) is 54.6 Å². The average molecular weight is 507 g/mol. The van der Waals surface area contributed by atoms with E-state index in [-0.39, 0.29) is 5.41 Å². The van der Waals surface area contributed by atoms with Gasteiger partial charge < -0.3 is 9.47 Å². The minimum Gasteiger partial charge on any atom is -0.490 e. The highest BCUT2D eigenvalue weighted by Crippen LogP contribution is 2.45. The summed E-state index contributed by atoms with van der Waals surface area (Å²) in [6, 6.07) is 15.8. The van der Waals surface area contributed by atoms with Crippen molar-refractivity contribution < 1.29 is 9.47 Å². The van der Waals surface area contributed by atoms with Crippen molar-refractivity contribution in [2.24, 2.45) is 16.3 Å². The summed E-state index contributed by atoms with van der Waals surface area (Å²) in [5.74, 6) is 1.94. The maximum absolute atomic E-state index is 9.85. The SMILES string of the molecule is CCOc1cc(C=Nc2sc3c(c2C#N)CC[C@@H](C(C)(C)C)C3)ccc1OCc1ccccc1Cl. The number of ether oxygens (including phenoxy) is 2. The molecule has 182 valence electrons. The van der Waals surface area contributed by atoms with Crippen molar-refractivity contribution in [3.05, 3.63) is 74.6 Å². The molecule has 0 aliphatic heterocycles. The highest BCUT2D eigenvalue weighted by molar-refractivity contribution is 7.16. The first-order valence-corrected chi connectivity index (χ1v) is 13.2. The van der Waals surface area contributed by atoms with Crippen LogP contribution in [0.4, 0.5) is 5.00 Å². The summed E-state index contributed by atoms with van der Waals surface area (Å²) in [7, 11) is 0. The van der Waals surface area contributed by atoms with Crippen LogP contribution in [0.1, 0.15) is 61.2 Å². The van der Waals surface area contributed by atoms with Gasteiger partial charge in [-0.3, -0.25) is 0 Å². The van der Waals surface area contributed by atoms with Gasteiger partial charge in [0.25, 0.3) is 0 Å². The van der Waals surface area contributed by atoms with E-state index in [0.29, 0.717) is 35.7 Å². The predicted molar refractivity (Wildman–Crippen MR) is 145 cm³/mol. The second-order valence-electron chi connectivity index (χ2n) is 9.88. The number of hydrogen-bond donors (Lipinski definition) is 0. The van der Waals surface area contributed by atoms with Gasteiger partial charge in [-0.25, -0.2) is 4.99 Å². The molecule has 0 saturated carbocycles. The summed E-state index contributed by atoms with van der Waals surface area (Å²) in [5.41, 5.74) is 4.01. The molecule has 1 atom stereocenters. The Morgan fingerprint density at radius 1 is 1.17 bits per heavy atom. The van der Waals surface area contributed by atoms with Gasteiger partial charge in [0.2, 0.25) is 0 Å². The van der Waals surface area contributed by atoms with E-state index in [1.807, 2.05) is 49.4 Å². The third kappa shape index (κ3) is 5.89. The van der Waals surface area contributed by atoms with Crippen LogP contribution in [-0.2, 0) is 19.4 Å². The van der Waals surface area contributed by atoms with Crippen LogP contribution >= 0.6 is 22.9 Å². The maximum atomic E-state index is 9.85. The maximum Gasteiger partial charge on any atom is 0.161 e. The monoisotopic (exact) mass is 506 g/mol. The molecule has 0 amide bonds. The van der Waals surface area contributed by atoms with Crippen LogP contribution in [0.25, 0.3) is 0 Å². The molecule has 35 heavy (non-hydrogen) atoms. The van der Waals surface area contributed by atoms with E-state index in [2.05, 4.69) is 26.8 Å².